The van der Waals surface area contributed by atoms with E-state index in [0.29, 0.717) is 5.69 Å². The van der Waals surface area contributed by atoms with Crippen LogP contribution in [-0.4, -0.2) is 25.7 Å². The molecule has 4 aromatic rings. The molecule has 0 fully saturated rings. The Hall–Kier alpha value is -4.01. The lowest BCUT2D eigenvalue weighted by Gasteiger charge is -2.11. The Morgan fingerprint density at radius 2 is 1.84 bits per heavy atom. The molecule has 1 aromatic carbocycles. The molecule has 0 aliphatic rings. The van der Waals surface area contributed by atoms with E-state index in [4.69, 9.17) is 0 Å². The molecule has 1 amide bonds. The van der Waals surface area contributed by atoms with Gasteiger partial charge in [0.25, 0.3) is 5.91 Å². The number of carbonyl (C=O) groups excluding carboxylic acids is 1. The zero-order valence-corrected chi connectivity index (χ0v) is 16.3. The molecule has 4 rings (SSSR count). The number of nitrogens with one attached hydrogen (secondary N) is 1. The number of alkyl halides is 3. The summed E-state index contributed by atoms with van der Waals surface area (Å²) in [5.74, 6) is -0.793. The third kappa shape index (κ3) is 4.45. The fraction of sp³-hybridized carbons (Fsp3) is 0.0909. The van der Waals surface area contributed by atoms with Crippen molar-refractivity contribution in [1.29, 1.82) is 0 Å². The van der Waals surface area contributed by atoms with Crippen molar-refractivity contribution >= 4 is 11.7 Å². The van der Waals surface area contributed by atoms with Crippen LogP contribution in [0, 0.1) is 6.92 Å². The number of hydrogen-bond donors (Lipinski definition) is 1. The predicted octanol–water partition coefficient (Wildman–Crippen LogP) is 4.91. The normalized spacial score (nSPS) is 11.4. The van der Waals surface area contributed by atoms with E-state index in [0.717, 1.165) is 35.0 Å². The molecule has 0 aliphatic carbocycles. The Labute approximate surface area is 175 Å². The maximum atomic E-state index is 12.9. The molecule has 3 heterocycles. The monoisotopic (exact) mass is 423 g/mol. The molecule has 0 aliphatic heterocycles. The maximum Gasteiger partial charge on any atom is 0.416 e. The van der Waals surface area contributed by atoms with Crippen molar-refractivity contribution in [2.24, 2.45) is 0 Å². The topological polar surface area (TPSA) is 72.7 Å². The van der Waals surface area contributed by atoms with Gasteiger partial charge >= 0.3 is 6.18 Å². The highest BCUT2D eigenvalue weighted by Crippen LogP contribution is 2.30. The quantitative estimate of drug-likeness (QED) is 0.506. The van der Waals surface area contributed by atoms with Gasteiger partial charge in [-0.15, -0.1) is 0 Å². The minimum absolute atomic E-state index is 0.193. The lowest BCUT2D eigenvalue weighted by atomic mass is 10.1. The smallest absolute Gasteiger partial charge is 0.306 e. The van der Waals surface area contributed by atoms with Gasteiger partial charge in [-0.3, -0.25) is 9.78 Å². The number of pyridine rings is 2. The standard InChI is InChI=1S/C22H16F3N5O/c1-14-8-15(11-26-10-14)16-12-28-30(13-16)19-5-3-2-4-18(19)21(31)29-20-9-17(6-7-27-20)22(23,24)25/h2-13H,1H3,(H,27,29,31). The van der Waals surface area contributed by atoms with Crippen molar-refractivity contribution in [2.75, 3.05) is 5.32 Å². The zero-order valence-electron chi connectivity index (χ0n) is 16.3. The highest BCUT2D eigenvalue weighted by molar-refractivity contribution is 6.06. The summed E-state index contributed by atoms with van der Waals surface area (Å²) in [6, 6.07) is 10.3. The van der Waals surface area contributed by atoms with Gasteiger partial charge in [0.15, 0.2) is 0 Å². The van der Waals surface area contributed by atoms with Crippen LogP contribution in [-0.2, 0) is 6.18 Å². The third-order valence-corrected chi connectivity index (χ3v) is 4.52. The number of para-hydroxylation sites is 1. The number of amides is 1. The highest BCUT2D eigenvalue weighted by Gasteiger charge is 2.31. The Kier molecular flexibility index (Phi) is 5.24. The van der Waals surface area contributed by atoms with E-state index in [1.807, 2.05) is 13.0 Å². The summed E-state index contributed by atoms with van der Waals surface area (Å²) >= 11 is 0. The van der Waals surface area contributed by atoms with Gasteiger partial charge in [-0.05, 0) is 42.8 Å². The minimum Gasteiger partial charge on any atom is -0.306 e. The number of aryl methyl sites for hydroxylation is 1. The second kappa shape index (κ2) is 8.02. The summed E-state index contributed by atoms with van der Waals surface area (Å²) in [6.45, 7) is 1.93. The van der Waals surface area contributed by atoms with E-state index in [-0.39, 0.29) is 11.4 Å². The Morgan fingerprint density at radius 1 is 1.03 bits per heavy atom. The molecule has 31 heavy (non-hydrogen) atoms. The van der Waals surface area contributed by atoms with Crippen molar-refractivity contribution in [3.05, 3.63) is 90.1 Å². The molecule has 3 aromatic heterocycles. The highest BCUT2D eigenvalue weighted by atomic mass is 19.4. The fourth-order valence-electron chi connectivity index (χ4n) is 3.04. The molecular formula is C22H16F3N5O. The molecule has 0 saturated heterocycles. The molecular weight excluding hydrogens is 407 g/mol. The van der Waals surface area contributed by atoms with Gasteiger partial charge in [-0.25, -0.2) is 9.67 Å². The molecule has 0 atom stereocenters. The number of rotatable bonds is 4. The first-order chi connectivity index (χ1) is 14.8. The van der Waals surface area contributed by atoms with Crippen LogP contribution < -0.4 is 5.32 Å². The second-order valence-corrected chi connectivity index (χ2v) is 6.82. The van der Waals surface area contributed by atoms with Crippen LogP contribution in [0.5, 0.6) is 0 Å². The van der Waals surface area contributed by atoms with Crippen LogP contribution in [0.2, 0.25) is 0 Å². The average molecular weight is 423 g/mol. The number of aromatic nitrogens is 4. The maximum absolute atomic E-state index is 12.9. The molecule has 9 heteroatoms. The van der Waals surface area contributed by atoms with E-state index in [2.05, 4.69) is 20.4 Å². The van der Waals surface area contributed by atoms with E-state index < -0.39 is 17.6 Å². The summed E-state index contributed by atoms with van der Waals surface area (Å²) in [7, 11) is 0. The number of hydrogen-bond acceptors (Lipinski definition) is 4. The van der Waals surface area contributed by atoms with Crippen LogP contribution >= 0.6 is 0 Å². The average Bonchev–Trinajstić information content (AvgIpc) is 3.23. The van der Waals surface area contributed by atoms with E-state index in [1.165, 1.54) is 4.68 Å². The van der Waals surface area contributed by atoms with Gasteiger partial charge in [-0.1, -0.05) is 12.1 Å². The van der Waals surface area contributed by atoms with Crippen molar-refractivity contribution in [3.8, 4) is 16.8 Å². The Bertz CT molecular complexity index is 1250. The molecule has 0 unspecified atom stereocenters. The van der Waals surface area contributed by atoms with Crippen molar-refractivity contribution in [1.82, 2.24) is 19.7 Å². The lowest BCUT2D eigenvalue weighted by molar-refractivity contribution is -0.137. The van der Waals surface area contributed by atoms with Gasteiger partial charge in [-0.2, -0.15) is 18.3 Å². The minimum atomic E-state index is -4.53. The zero-order chi connectivity index (χ0) is 22.0. The predicted molar refractivity (Wildman–Crippen MR) is 109 cm³/mol. The largest absolute Gasteiger partial charge is 0.416 e. The molecule has 0 spiro atoms. The number of benzene rings is 1. The van der Waals surface area contributed by atoms with Gasteiger partial charge in [0.2, 0.25) is 0 Å². The molecule has 0 radical (unpaired) electrons. The summed E-state index contributed by atoms with van der Waals surface area (Å²) in [5.41, 5.74) is 2.50. The molecule has 0 bridgehead atoms. The molecule has 1 N–H and O–H groups in total. The molecule has 0 saturated carbocycles. The van der Waals surface area contributed by atoms with Crippen molar-refractivity contribution in [2.45, 2.75) is 13.1 Å². The van der Waals surface area contributed by atoms with Gasteiger partial charge in [0.1, 0.15) is 5.82 Å². The van der Waals surface area contributed by atoms with Crippen LogP contribution in [0.4, 0.5) is 19.0 Å². The summed E-state index contributed by atoms with van der Waals surface area (Å²) in [6.07, 6.45) is 3.34. The summed E-state index contributed by atoms with van der Waals surface area (Å²) in [4.78, 5) is 20.8. The van der Waals surface area contributed by atoms with E-state index in [9.17, 15) is 18.0 Å². The third-order valence-electron chi connectivity index (χ3n) is 4.52. The fourth-order valence-corrected chi connectivity index (χ4v) is 3.04. The van der Waals surface area contributed by atoms with Crippen LogP contribution in [0.1, 0.15) is 21.5 Å². The van der Waals surface area contributed by atoms with Crippen molar-refractivity contribution in [3.63, 3.8) is 0 Å². The number of halogens is 3. The second-order valence-electron chi connectivity index (χ2n) is 6.82. The van der Waals surface area contributed by atoms with Gasteiger partial charge in [0, 0.05) is 35.9 Å². The number of nitrogens with zero attached hydrogens (tertiary/aromatic N) is 4. The Balaban J connectivity index is 1.63. The van der Waals surface area contributed by atoms with Gasteiger partial charge < -0.3 is 5.32 Å². The number of carbonyl (C=O) groups is 1. The summed E-state index contributed by atoms with van der Waals surface area (Å²) in [5, 5.41) is 6.76. The molecule has 156 valence electrons. The van der Waals surface area contributed by atoms with Crippen LogP contribution in [0.15, 0.2) is 73.4 Å². The SMILES string of the molecule is Cc1cncc(-c2cnn(-c3ccccc3C(=O)Nc3cc(C(F)(F)F)ccn3)c2)c1. The van der Waals surface area contributed by atoms with Gasteiger partial charge in [0.05, 0.1) is 23.0 Å². The Morgan fingerprint density at radius 3 is 2.61 bits per heavy atom. The van der Waals surface area contributed by atoms with Crippen LogP contribution in [0.3, 0.4) is 0 Å². The first-order valence-electron chi connectivity index (χ1n) is 9.22. The first kappa shape index (κ1) is 20.3. The van der Waals surface area contributed by atoms with E-state index in [1.54, 1.807) is 49.1 Å². The van der Waals surface area contributed by atoms with E-state index >= 15 is 0 Å². The lowest BCUT2D eigenvalue weighted by Crippen LogP contribution is -2.16. The number of anilines is 1. The van der Waals surface area contributed by atoms with Crippen molar-refractivity contribution < 1.29 is 18.0 Å². The first-order valence-corrected chi connectivity index (χ1v) is 9.22. The summed E-state index contributed by atoms with van der Waals surface area (Å²) < 4.78 is 40.3. The molecule has 6 nitrogen and oxygen atoms in total. The van der Waals surface area contributed by atoms with Crippen LogP contribution in [0.25, 0.3) is 16.8 Å².